The van der Waals surface area contributed by atoms with Gasteiger partial charge in [-0.25, -0.2) is 0 Å². The molecule has 0 saturated heterocycles. The number of halogens is 1. The summed E-state index contributed by atoms with van der Waals surface area (Å²) in [5.74, 6) is 0.804. The van der Waals surface area contributed by atoms with Crippen LogP contribution in [0.25, 0.3) is 10.9 Å². The number of benzene rings is 1. The van der Waals surface area contributed by atoms with Crippen molar-refractivity contribution >= 4 is 40.8 Å². The van der Waals surface area contributed by atoms with E-state index in [1.54, 1.807) is 13.2 Å². The largest absolute Gasteiger partial charge is 0.356 e. The minimum absolute atomic E-state index is 0. The minimum Gasteiger partial charge on any atom is -0.356 e. The molecule has 0 bridgehead atoms. The molecule has 0 unspecified atom stereocenters. The zero-order chi connectivity index (χ0) is 16.6. The molecule has 2 aromatic heterocycles. The van der Waals surface area contributed by atoms with Crippen molar-refractivity contribution in [2.45, 2.75) is 19.5 Å². The lowest BCUT2D eigenvalue weighted by atomic mass is 10.2. The monoisotopic (exact) mass is 449 g/mol. The number of fused-ring (bicyclic) bond motifs is 1. The summed E-state index contributed by atoms with van der Waals surface area (Å²) >= 11 is 0. The van der Waals surface area contributed by atoms with E-state index in [4.69, 9.17) is 0 Å². The van der Waals surface area contributed by atoms with Gasteiger partial charge in [-0.15, -0.1) is 24.0 Å². The van der Waals surface area contributed by atoms with E-state index in [1.165, 1.54) is 10.9 Å². The van der Waals surface area contributed by atoms with Crippen LogP contribution in [-0.2, 0) is 13.1 Å². The van der Waals surface area contributed by atoms with Crippen molar-refractivity contribution in [1.82, 2.24) is 20.2 Å². The first-order valence-electron chi connectivity index (χ1n) is 8.25. The van der Waals surface area contributed by atoms with E-state index >= 15 is 0 Å². The Labute approximate surface area is 165 Å². The summed E-state index contributed by atoms with van der Waals surface area (Å²) in [6.45, 7) is 2.52. The Kier molecular flexibility index (Phi) is 7.72. The molecule has 0 aliphatic heterocycles. The van der Waals surface area contributed by atoms with Gasteiger partial charge in [-0.05, 0) is 36.1 Å². The van der Waals surface area contributed by atoms with Crippen molar-refractivity contribution in [2.75, 3.05) is 13.6 Å². The number of aromatic nitrogens is 2. The molecule has 25 heavy (non-hydrogen) atoms. The summed E-state index contributed by atoms with van der Waals surface area (Å²) in [7, 11) is 1.78. The first-order valence-corrected chi connectivity index (χ1v) is 8.25. The van der Waals surface area contributed by atoms with Crippen LogP contribution < -0.4 is 10.6 Å². The third-order valence-electron chi connectivity index (χ3n) is 3.94. The van der Waals surface area contributed by atoms with Gasteiger partial charge in [0.2, 0.25) is 0 Å². The van der Waals surface area contributed by atoms with Gasteiger partial charge in [-0.1, -0.05) is 24.3 Å². The van der Waals surface area contributed by atoms with Crippen molar-refractivity contribution in [2.24, 2.45) is 4.99 Å². The number of rotatable bonds is 6. The zero-order valence-corrected chi connectivity index (χ0v) is 16.7. The lowest BCUT2D eigenvalue weighted by Gasteiger charge is -2.12. The zero-order valence-electron chi connectivity index (χ0n) is 14.4. The molecule has 1 aromatic carbocycles. The van der Waals surface area contributed by atoms with Crippen molar-refractivity contribution in [3.05, 3.63) is 66.6 Å². The summed E-state index contributed by atoms with van der Waals surface area (Å²) in [6, 6.07) is 16.5. The van der Waals surface area contributed by atoms with E-state index in [0.717, 1.165) is 31.2 Å². The van der Waals surface area contributed by atoms with Gasteiger partial charge in [0.25, 0.3) is 0 Å². The highest BCUT2D eigenvalue weighted by Crippen LogP contribution is 2.15. The summed E-state index contributed by atoms with van der Waals surface area (Å²) in [5.41, 5.74) is 2.29. The molecule has 6 heteroatoms. The standard InChI is InChI=1S/C19H23N5.HI/c1-20-19(23-15-17-8-4-5-11-21-17)22-12-6-13-24-14-10-16-7-2-3-9-18(16)24;/h2-5,7-11,14H,6,12-13,15H2,1H3,(H2,20,22,23);1H. The third-order valence-corrected chi connectivity index (χ3v) is 3.94. The molecule has 2 heterocycles. The maximum absolute atomic E-state index is 4.30. The molecule has 0 fully saturated rings. The van der Waals surface area contributed by atoms with Crippen LogP contribution in [0, 0.1) is 0 Å². The maximum Gasteiger partial charge on any atom is 0.191 e. The van der Waals surface area contributed by atoms with Crippen LogP contribution >= 0.6 is 24.0 Å². The van der Waals surface area contributed by atoms with E-state index in [2.05, 4.69) is 61.7 Å². The van der Waals surface area contributed by atoms with E-state index in [9.17, 15) is 0 Å². The number of nitrogens with one attached hydrogen (secondary N) is 2. The molecule has 0 atom stereocenters. The summed E-state index contributed by atoms with van der Waals surface area (Å²) in [6.07, 6.45) is 4.98. The maximum atomic E-state index is 4.30. The molecule has 132 valence electrons. The Morgan fingerprint density at radius 2 is 1.92 bits per heavy atom. The fraction of sp³-hybridized carbons (Fsp3) is 0.263. The van der Waals surface area contributed by atoms with E-state index in [0.29, 0.717) is 6.54 Å². The topological polar surface area (TPSA) is 54.2 Å². The molecule has 0 aliphatic rings. The van der Waals surface area contributed by atoms with Crippen molar-refractivity contribution < 1.29 is 0 Å². The van der Waals surface area contributed by atoms with Gasteiger partial charge in [0.05, 0.1) is 12.2 Å². The molecule has 0 spiro atoms. The second-order valence-corrected chi connectivity index (χ2v) is 5.60. The number of guanidine groups is 1. The lowest BCUT2D eigenvalue weighted by molar-refractivity contribution is 0.640. The Morgan fingerprint density at radius 3 is 2.72 bits per heavy atom. The Hall–Kier alpha value is -2.09. The Balaban J connectivity index is 0.00000225. The lowest BCUT2D eigenvalue weighted by Crippen LogP contribution is -2.37. The van der Waals surface area contributed by atoms with Crippen LogP contribution in [0.5, 0.6) is 0 Å². The van der Waals surface area contributed by atoms with Gasteiger partial charge in [0.1, 0.15) is 0 Å². The average molecular weight is 449 g/mol. The molecular weight excluding hydrogens is 425 g/mol. The molecule has 0 amide bonds. The van der Waals surface area contributed by atoms with Crippen LogP contribution in [0.1, 0.15) is 12.1 Å². The number of aryl methyl sites for hydroxylation is 1. The summed E-state index contributed by atoms with van der Waals surface area (Å²) in [5, 5.41) is 7.92. The molecule has 3 aromatic rings. The van der Waals surface area contributed by atoms with Gasteiger partial charge in [0, 0.05) is 38.0 Å². The number of hydrogen-bond donors (Lipinski definition) is 2. The average Bonchev–Trinajstić information content (AvgIpc) is 3.05. The number of hydrogen-bond acceptors (Lipinski definition) is 2. The highest BCUT2D eigenvalue weighted by atomic mass is 127. The SMILES string of the molecule is CN=C(NCCCn1ccc2ccccc21)NCc1ccccn1.I. The third kappa shape index (κ3) is 5.45. The smallest absolute Gasteiger partial charge is 0.191 e. The second kappa shape index (κ2) is 10.0. The van der Waals surface area contributed by atoms with Crippen molar-refractivity contribution in [3.63, 3.8) is 0 Å². The number of nitrogens with zero attached hydrogens (tertiary/aromatic N) is 3. The van der Waals surface area contributed by atoms with Crippen LogP contribution in [-0.4, -0.2) is 29.1 Å². The van der Waals surface area contributed by atoms with E-state index in [-0.39, 0.29) is 24.0 Å². The Bertz CT molecular complexity index is 798. The van der Waals surface area contributed by atoms with Gasteiger partial charge in [-0.3, -0.25) is 9.98 Å². The van der Waals surface area contributed by atoms with Gasteiger partial charge >= 0.3 is 0 Å². The highest BCUT2D eigenvalue weighted by molar-refractivity contribution is 14.0. The van der Waals surface area contributed by atoms with Crippen LogP contribution in [0.2, 0.25) is 0 Å². The molecule has 3 rings (SSSR count). The van der Waals surface area contributed by atoms with Gasteiger partial charge in [-0.2, -0.15) is 0 Å². The molecule has 0 saturated carbocycles. The predicted molar refractivity (Wildman–Crippen MR) is 114 cm³/mol. The normalized spacial score (nSPS) is 11.2. The van der Waals surface area contributed by atoms with Crippen LogP contribution in [0.3, 0.4) is 0 Å². The fourth-order valence-corrected chi connectivity index (χ4v) is 2.69. The Morgan fingerprint density at radius 1 is 1.08 bits per heavy atom. The van der Waals surface area contributed by atoms with Gasteiger partial charge in [0.15, 0.2) is 5.96 Å². The summed E-state index contributed by atoms with van der Waals surface area (Å²) < 4.78 is 2.29. The van der Waals surface area contributed by atoms with Crippen LogP contribution in [0.15, 0.2) is 65.9 Å². The number of aliphatic imine (C=N–C) groups is 1. The first-order chi connectivity index (χ1) is 11.9. The van der Waals surface area contributed by atoms with E-state index < -0.39 is 0 Å². The molecule has 0 aliphatic carbocycles. The second-order valence-electron chi connectivity index (χ2n) is 5.60. The quantitative estimate of drug-likeness (QED) is 0.263. The predicted octanol–water partition coefficient (Wildman–Crippen LogP) is 3.41. The molecule has 2 N–H and O–H groups in total. The minimum atomic E-state index is 0. The molecule has 5 nitrogen and oxygen atoms in total. The number of pyridine rings is 1. The summed E-state index contributed by atoms with van der Waals surface area (Å²) in [4.78, 5) is 8.54. The molecular formula is C19H24IN5. The highest BCUT2D eigenvalue weighted by Gasteiger charge is 2.01. The fourth-order valence-electron chi connectivity index (χ4n) is 2.69. The number of para-hydroxylation sites is 1. The van der Waals surface area contributed by atoms with E-state index in [1.807, 2.05) is 18.2 Å². The molecule has 0 radical (unpaired) electrons. The first kappa shape index (κ1) is 19.2. The van der Waals surface area contributed by atoms with Crippen molar-refractivity contribution in [3.8, 4) is 0 Å². The van der Waals surface area contributed by atoms with Crippen molar-refractivity contribution in [1.29, 1.82) is 0 Å². The van der Waals surface area contributed by atoms with Crippen LogP contribution in [0.4, 0.5) is 0 Å². The van der Waals surface area contributed by atoms with Gasteiger partial charge < -0.3 is 15.2 Å².